The number of piperidine rings is 1. The summed E-state index contributed by atoms with van der Waals surface area (Å²) in [6.45, 7) is 8.28. The third kappa shape index (κ3) is 7.82. The first-order valence-corrected chi connectivity index (χ1v) is 8.43. The van der Waals surface area contributed by atoms with Gasteiger partial charge in [-0.1, -0.05) is 23.7 Å². The predicted octanol–water partition coefficient (Wildman–Crippen LogP) is 3.37. The maximum atomic E-state index is 9.60. The molecule has 0 aromatic heterocycles. The SMILES string of the molecule is CC(C)(C)OC=O.OCC(c1ccc(Cl)cc1)C1CCNCC1. The smallest absolute Gasteiger partial charge is 0.293 e. The number of carbonyl (C=O) groups excluding carboxylic acids is 1. The Labute approximate surface area is 144 Å². The molecule has 1 saturated heterocycles. The highest BCUT2D eigenvalue weighted by atomic mass is 35.5. The van der Waals surface area contributed by atoms with E-state index in [1.54, 1.807) is 0 Å². The Balaban J connectivity index is 0.000000322. The second-order valence-corrected chi connectivity index (χ2v) is 7.19. The van der Waals surface area contributed by atoms with Crippen LogP contribution in [0.1, 0.15) is 45.1 Å². The zero-order chi connectivity index (χ0) is 17.3. The molecule has 1 fully saturated rings. The van der Waals surface area contributed by atoms with Crippen molar-refractivity contribution in [1.82, 2.24) is 5.32 Å². The number of aliphatic hydroxyl groups is 1. The van der Waals surface area contributed by atoms with E-state index < -0.39 is 0 Å². The van der Waals surface area contributed by atoms with E-state index in [1.165, 1.54) is 5.56 Å². The van der Waals surface area contributed by atoms with Crippen molar-refractivity contribution >= 4 is 18.1 Å². The minimum Gasteiger partial charge on any atom is -0.462 e. The van der Waals surface area contributed by atoms with Crippen LogP contribution in [0.5, 0.6) is 0 Å². The largest absolute Gasteiger partial charge is 0.462 e. The van der Waals surface area contributed by atoms with Gasteiger partial charge in [0.25, 0.3) is 6.47 Å². The van der Waals surface area contributed by atoms with Crippen LogP contribution in [-0.2, 0) is 9.53 Å². The maximum absolute atomic E-state index is 9.60. The van der Waals surface area contributed by atoms with E-state index in [0.717, 1.165) is 31.0 Å². The van der Waals surface area contributed by atoms with Crippen LogP contribution < -0.4 is 5.32 Å². The number of hydrogen-bond donors (Lipinski definition) is 2. The molecular formula is C18H28ClNO3. The Kier molecular flexibility index (Phi) is 8.59. The van der Waals surface area contributed by atoms with Crippen LogP contribution in [0.15, 0.2) is 24.3 Å². The second kappa shape index (κ2) is 9.91. The lowest BCUT2D eigenvalue weighted by atomic mass is 9.81. The molecule has 1 aromatic carbocycles. The van der Waals surface area contributed by atoms with Gasteiger partial charge in [0, 0.05) is 10.9 Å². The fourth-order valence-corrected chi connectivity index (χ4v) is 2.75. The number of halogens is 1. The Bertz CT molecular complexity index is 450. The summed E-state index contributed by atoms with van der Waals surface area (Å²) in [4.78, 5) is 9.60. The zero-order valence-corrected chi connectivity index (χ0v) is 15.0. The normalized spacial score (nSPS) is 16.9. The van der Waals surface area contributed by atoms with Crippen molar-refractivity contribution in [3.63, 3.8) is 0 Å². The molecule has 23 heavy (non-hydrogen) atoms. The van der Waals surface area contributed by atoms with Crippen molar-refractivity contribution in [3.05, 3.63) is 34.9 Å². The molecule has 2 N–H and O–H groups in total. The molecule has 0 radical (unpaired) electrons. The van der Waals surface area contributed by atoms with Crippen molar-refractivity contribution < 1.29 is 14.6 Å². The Morgan fingerprint density at radius 1 is 1.30 bits per heavy atom. The van der Waals surface area contributed by atoms with Gasteiger partial charge >= 0.3 is 0 Å². The minimum absolute atomic E-state index is 0.228. The van der Waals surface area contributed by atoms with Gasteiger partial charge in [0.1, 0.15) is 5.60 Å². The molecule has 1 unspecified atom stereocenters. The van der Waals surface area contributed by atoms with E-state index in [2.05, 4.69) is 10.1 Å². The summed E-state index contributed by atoms with van der Waals surface area (Å²) in [5, 5.41) is 13.7. The fourth-order valence-electron chi connectivity index (χ4n) is 2.63. The minimum atomic E-state index is -0.318. The fraction of sp³-hybridized carbons (Fsp3) is 0.611. The number of benzene rings is 1. The molecule has 2 rings (SSSR count). The van der Waals surface area contributed by atoms with Crippen LogP contribution in [-0.4, -0.2) is 36.9 Å². The van der Waals surface area contributed by atoms with Gasteiger partial charge in [0.05, 0.1) is 6.61 Å². The van der Waals surface area contributed by atoms with Crippen LogP contribution in [0, 0.1) is 5.92 Å². The number of carbonyl (C=O) groups is 1. The van der Waals surface area contributed by atoms with Gasteiger partial charge in [0.2, 0.25) is 0 Å². The molecule has 5 heteroatoms. The van der Waals surface area contributed by atoms with Gasteiger partial charge in [-0.25, -0.2) is 0 Å². The topological polar surface area (TPSA) is 58.6 Å². The molecule has 0 aliphatic carbocycles. The van der Waals surface area contributed by atoms with Crippen LogP contribution in [0.25, 0.3) is 0 Å². The average Bonchev–Trinajstić information content (AvgIpc) is 2.50. The quantitative estimate of drug-likeness (QED) is 0.824. The maximum Gasteiger partial charge on any atom is 0.293 e. The van der Waals surface area contributed by atoms with Crippen LogP contribution in [0.4, 0.5) is 0 Å². The van der Waals surface area contributed by atoms with Gasteiger partial charge in [0.15, 0.2) is 0 Å². The van der Waals surface area contributed by atoms with Crippen molar-refractivity contribution in [2.45, 2.75) is 45.1 Å². The number of hydrogen-bond acceptors (Lipinski definition) is 4. The molecule has 1 aliphatic heterocycles. The van der Waals surface area contributed by atoms with Crippen LogP contribution in [0.2, 0.25) is 5.02 Å². The third-order valence-corrected chi connectivity index (χ3v) is 4.10. The number of nitrogens with one attached hydrogen (secondary N) is 1. The monoisotopic (exact) mass is 341 g/mol. The van der Waals surface area contributed by atoms with Gasteiger partial charge < -0.3 is 15.2 Å². The lowest BCUT2D eigenvalue weighted by molar-refractivity contribution is -0.138. The summed E-state index contributed by atoms with van der Waals surface area (Å²) in [5.74, 6) is 0.854. The third-order valence-electron chi connectivity index (χ3n) is 3.85. The van der Waals surface area contributed by atoms with Gasteiger partial charge in [-0.3, -0.25) is 4.79 Å². The van der Waals surface area contributed by atoms with Crippen LogP contribution >= 0.6 is 11.6 Å². The summed E-state index contributed by atoms with van der Waals surface area (Å²) >= 11 is 5.87. The standard InChI is InChI=1S/C13H18ClNO.C5H10O2/c14-12-3-1-10(2-4-12)13(9-16)11-5-7-15-8-6-11;1-5(2,3)7-4-6/h1-4,11,13,15-16H,5-9H2;4H,1-3H3. The van der Waals surface area contributed by atoms with Crippen molar-refractivity contribution in [1.29, 1.82) is 0 Å². The van der Waals surface area contributed by atoms with Gasteiger partial charge in [-0.15, -0.1) is 0 Å². The summed E-state index contributed by atoms with van der Waals surface area (Å²) in [6, 6.07) is 7.87. The van der Waals surface area contributed by atoms with E-state index in [-0.39, 0.29) is 18.1 Å². The molecule has 0 spiro atoms. The van der Waals surface area contributed by atoms with Crippen molar-refractivity contribution in [3.8, 4) is 0 Å². The molecule has 4 nitrogen and oxygen atoms in total. The Morgan fingerprint density at radius 3 is 2.26 bits per heavy atom. The first-order chi connectivity index (χ1) is 10.9. The Hall–Kier alpha value is -1.10. The first-order valence-electron chi connectivity index (χ1n) is 8.06. The molecule has 1 atom stereocenters. The summed E-state index contributed by atoms with van der Waals surface area (Å²) in [5.41, 5.74) is 0.890. The Morgan fingerprint density at radius 2 is 1.87 bits per heavy atom. The zero-order valence-electron chi connectivity index (χ0n) is 14.2. The van der Waals surface area contributed by atoms with E-state index in [1.807, 2.05) is 45.0 Å². The predicted molar refractivity (Wildman–Crippen MR) is 93.8 cm³/mol. The van der Waals surface area contributed by atoms with Crippen molar-refractivity contribution in [2.24, 2.45) is 5.92 Å². The highest BCUT2D eigenvalue weighted by molar-refractivity contribution is 6.30. The second-order valence-electron chi connectivity index (χ2n) is 6.75. The highest BCUT2D eigenvalue weighted by Gasteiger charge is 2.24. The number of rotatable bonds is 4. The summed E-state index contributed by atoms with van der Waals surface area (Å²) < 4.78 is 4.55. The molecule has 0 saturated carbocycles. The first kappa shape index (κ1) is 19.9. The summed E-state index contributed by atoms with van der Waals surface area (Å²) in [6.07, 6.45) is 2.29. The van der Waals surface area contributed by atoms with Crippen molar-refractivity contribution in [2.75, 3.05) is 19.7 Å². The molecule has 1 aliphatic rings. The molecule has 1 heterocycles. The lowest BCUT2D eigenvalue weighted by Gasteiger charge is -2.29. The van der Waals surface area contributed by atoms with Gasteiger partial charge in [-0.05, 0) is 70.3 Å². The molecule has 0 bridgehead atoms. The number of aliphatic hydroxyl groups excluding tert-OH is 1. The summed E-state index contributed by atoms with van der Waals surface area (Å²) in [7, 11) is 0. The molecule has 0 amide bonds. The molecule has 130 valence electrons. The molecule has 1 aromatic rings. The van der Waals surface area contributed by atoms with Crippen LogP contribution in [0.3, 0.4) is 0 Å². The van der Waals surface area contributed by atoms with E-state index in [0.29, 0.717) is 12.4 Å². The lowest BCUT2D eigenvalue weighted by Crippen LogP contribution is -2.32. The molecular weight excluding hydrogens is 314 g/mol. The van der Waals surface area contributed by atoms with E-state index in [9.17, 15) is 9.90 Å². The average molecular weight is 342 g/mol. The number of ether oxygens (including phenoxy) is 1. The highest BCUT2D eigenvalue weighted by Crippen LogP contribution is 2.31. The van der Waals surface area contributed by atoms with E-state index in [4.69, 9.17) is 11.6 Å². The van der Waals surface area contributed by atoms with Gasteiger partial charge in [-0.2, -0.15) is 0 Å². The van der Waals surface area contributed by atoms with E-state index >= 15 is 0 Å².